The number of phenolic OH excluding ortho intramolecular Hbond substituents is 1. The second-order valence-corrected chi connectivity index (χ2v) is 21.4. The van der Waals surface area contributed by atoms with Crippen molar-refractivity contribution in [2.75, 3.05) is 14.2 Å². The topological polar surface area (TPSA) is 47.9 Å². The van der Waals surface area contributed by atoms with Gasteiger partial charge in [-0.15, -0.1) is 0 Å². The largest absolute Gasteiger partial charge is 0.543 e. The van der Waals surface area contributed by atoms with E-state index in [0.717, 1.165) is 34.7 Å². The van der Waals surface area contributed by atoms with Gasteiger partial charge in [0.05, 0.1) is 14.2 Å². The van der Waals surface area contributed by atoms with Crippen LogP contribution in [-0.2, 0) is 9.47 Å². The van der Waals surface area contributed by atoms with Crippen LogP contribution in [0.25, 0.3) is 11.5 Å². The molecule has 8 aliphatic carbocycles. The lowest BCUT2D eigenvalue weighted by atomic mass is 9.58. The zero-order valence-electron chi connectivity index (χ0n) is 29.6. The van der Waals surface area contributed by atoms with Crippen LogP contribution in [0.5, 0.6) is 11.5 Å². The second-order valence-electron chi connectivity index (χ2n) is 16.6. The molecule has 250 valence electrons. The highest BCUT2D eigenvalue weighted by atomic mass is 28.4. The van der Waals surface area contributed by atoms with Crippen molar-refractivity contribution in [1.29, 1.82) is 0 Å². The van der Waals surface area contributed by atoms with E-state index in [4.69, 9.17) is 13.9 Å². The molecule has 2 aromatic carbocycles. The number of allylic oxidation sites excluding steroid dienone is 6. The molecule has 8 bridgehead atoms. The van der Waals surface area contributed by atoms with Gasteiger partial charge in [0.15, 0.2) is 0 Å². The Balaban J connectivity index is 0.000000156. The number of phenols is 1. The van der Waals surface area contributed by atoms with E-state index in [0.29, 0.717) is 29.4 Å². The quantitative estimate of drug-likeness (QED) is 0.192. The third kappa shape index (κ3) is 6.25. The highest BCUT2D eigenvalue weighted by Gasteiger charge is 2.44. The van der Waals surface area contributed by atoms with Crippen LogP contribution in [0.1, 0.15) is 83.3 Å². The predicted molar refractivity (Wildman–Crippen MR) is 194 cm³/mol. The van der Waals surface area contributed by atoms with E-state index in [1.165, 1.54) is 62.5 Å². The minimum absolute atomic E-state index is 0.195. The molecular formula is C42H54O4Si. The lowest BCUT2D eigenvalue weighted by Gasteiger charge is -2.47. The molecule has 2 aromatic rings. The maximum Gasteiger partial charge on any atom is 0.250 e. The molecule has 0 spiro atoms. The molecule has 4 nitrogen and oxygen atoms in total. The van der Waals surface area contributed by atoms with Crippen molar-refractivity contribution < 1.29 is 19.0 Å². The van der Waals surface area contributed by atoms with E-state index in [2.05, 4.69) is 70.3 Å². The van der Waals surface area contributed by atoms with E-state index >= 15 is 0 Å². The lowest BCUT2D eigenvalue weighted by molar-refractivity contribution is 0.234. The molecule has 4 saturated carbocycles. The SMILES string of the molecule is COC(=C1C2CC3=CC(C2)CC1C3)c1cccc(O)c1.COC(=C1C2CC3=CC(C2)CC1C3)c1cccc(O[Si](C)(C)C(C)(C)C)c1. The van der Waals surface area contributed by atoms with Crippen molar-refractivity contribution in [2.45, 2.75) is 90.3 Å². The molecule has 4 atom stereocenters. The van der Waals surface area contributed by atoms with Gasteiger partial charge in [-0.1, -0.05) is 68.3 Å². The highest BCUT2D eigenvalue weighted by molar-refractivity contribution is 6.74. The minimum atomic E-state index is -1.84. The molecule has 0 radical (unpaired) electrons. The van der Waals surface area contributed by atoms with Crippen LogP contribution >= 0.6 is 0 Å². The molecule has 8 aliphatic rings. The van der Waals surface area contributed by atoms with Crippen LogP contribution in [-0.4, -0.2) is 27.6 Å². The summed E-state index contributed by atoms with van der Waals surface area (Å²) in [5, 5.41) is 9.92. The molecule has 10 rings (SSSR count). The molecule has 0 aromatic heterocycles. The van der Waals surface area contributed by atoms with E-state index in [1.54, 1.807) is 29.9 Å². The number of rotatable bonds is 6. The van der Waals surface area contributed by atoms with Crippen LogP contribution in [0.3, 0.4) is 0 Å². The number of benzene rings is 2. The number of methoxy groups -OCH3 is 2. The average molecular weight is 651 g/mol. The van der Waals surface area contributed by atoms with Crippen LogP contribution in [0.15, 0.2) is 83.0 Å². The Labute approximate surface area is 283 Å². The second kappa shape index (κ2) is 12.4. The van der Waals surface area contributed by atoms with Gasteiger partial charge in [-0.05, 0) is 140 Å². The molecule has 0 aliphatic heterocycles. The lowest BCUT2D eigenvalue weighted by Crippen LogP contribution is -2.43. The summed E-state index contributed by atoms with van der Waals surface area (Å²) in [6.07, 6.45) is 15.2. The number of aromatic hydroxyl groups is 1. The molecular weight excluding hydrogens is 597 g/mol. The normalized spacial score (nSPS) is 28.3. The molecule has 4 fully saturated rings. The van der Waals surface area contributed by atoms with Gasteiger partial charge in [0, 0.05) is 11.1 Å². The monoisotopic (exact) mass is 650 g/mol. The van der Waals surface area contributed by atoms with Crippen LogP contribution in [0.4, 0.5) is 0 Å². The first-order valence-corrected chi connectivity index (χ1v) is 20.9. The average Bonchev–Trinajstić information content (AvgIpc) is 3.00. The Kier molecular flexibility index (Phi) is 8.52. The van der Waals surface area contributed by atoms with Crippen molar-refractivity contribution in [3.63, 3.8) is 0 Å². The van der Waals surface area contributed by atoms with Crippen molar-refractivity contribution in [1.82, 2.24) is 0 Å². The standard InChI is InChI=1S/C24H34O2Si.C18H20O2/c1-24(2,3)27(5,6)26-21-9-7-8-18(15-21)23(25-4)22-19-11-16-10-17(13-19)14-20(22)12-16;1-20-18(13-3-2-4-16(19)10-13)17-14-6-11-5-12(8-14)9-15(17)7-11/h7-10,15-16,19-20H,11-14H2,1-6H3;2-5,10-11,14-15,19H,6-9H2,1H3. The Morgan fingerprint density at radius 2 is 1.13 bits per heavy atom. The first kappa shape index (κ1) is 32.4. The van der Waals surface area contributed by atoms with Gasteiger partial charge in [0.2, 0.25) is 8.32 Å². The van der Waals surface area contributed by atoms with Gasteiger partial charge >= 0.3 is 0 Å². The fourth-order valence-electron chi connectivity index (χ4n) is 9.59. The number of ether oxygens (including phenoxy) is 2. The van der Waals surface area contributed by atoms with Gasteiger partial charge < -0.3 is 19.0 Å². The fraction of sp³-hybridized carbons (Fsp3) is 0.524. The smallest absolute Gasteiger partial charge is 0.250 e. The first-order chi connectivity index (χ1) is 22.4. The summed E-state index contributed by atoms with van der Waals surface area (Å²) >= 11 is 0. The minimum Gasteiger partial charge on any atom is -0.543 e. The van der Waals surface area contributed by atoms with Gasteiger partial charge in [-0.3, -0.25) is 0 Å². The van der Waals surface area contributed by atoms with E-state index in [-0.39, 0.29) is 5.04 Å². The third-order valence-electron chi connectivity index (χ3n) is 12.4. The summed E-state index contributed by atoms with van der Waals surface area (Å²) in [6, 6.07) is 16.1. The molecule has 0 saturated heterocycles. The number of hydrogen-bond donors (Lipinski definition) is 1. The van der Waals surface area contributed by atoms with Crippen LogP contribution in [0, 0.1) is 35.5 Å². The summed E-state index contributed by atoms with van der Waals surface area (Å²) in [7, 11) is 1.76. The fourth-order valence-corrected chi connectivity index (χ4v) is 10.6. The molecule has 47 heavy (non-hydrogen) atoms. The maximum atomic E-state index is 9.72. The van der Waals surface area contributed by atoms with E-state index in [9.17, 15) is 5.11 Å². The van der Waals surface area contributed by atoms with Crippen molar-refractivity contribution in [2.24, 2.45) is 35.5 Å². The Morgan fingerprint density at radius 3 is 1.53 bits per heavy atom. The zero-order valence-corrected chi connectivity index (χ0v) is 30.6. The summed E-state index contributed by atoms with van der Waals surface area (Å²) in [5.41, 5.74) is 8.65. The van der Waals surface area contributed by atoms with Gasteiger partial charge in [0.25, 0.3) is 0 Å². The molecule has 1 N–H and O–H groups in total. The molecule has 4 unspecified atom stereocenters. The predicted octanol–water partition coefficient (Wildman–Crippen LogP) is 10.9. The summed E-state index contributed by atoms with van der Waals surface area (Å²) in [4.78, 5) is 0. The number of hydrogen-bond acceptors (Lipinski definition) is 4. The molecule has 0 heterocycles. The van der Waals surface area contributed by atoms with Gasteiger partial charge in [-0.2, -0.15) is 0 Å². The summed E-state index contributed by atoms with van der Waals surface area (Å²) < 4.78 is 18.4. The van der Waals surface area contributed by atoms with Gasteiger partial charge in [0.1, 0.15) is 23.0 Å². The third-order valence-corrected chi connectivity index (χ3v) is 16.8. The van der Waals surface area contributed by atoms with Crippen LogP contribution < -0.4 is 4.43 Å². The molecule has 0 amide bonds. The molecule has 5 heteroatoms. The highest BCUT2D eigenvalue weighted by Crippen LogP contribution is 2.56. The van der Waals surface area contributed by atoms with Gasteiger partial charge in [-0.25, -0.2) is 0 Å². The van der Waals surface area contributed by atoms with E-state index in [1.807, 2.05) is 25.3 Å². The first-order valence-electron chi connectivity index (χ1n) is 18.0. The Hall–Kier alpha value is -3.18. The zero-order chi connectivity index (χ0) is 33.1. The Morgan fingerprint density at radius 1 is 0.681 bits per heavy atom. The van der Waals surface area contributed by atoms with Crippen molar-refractivity contribution in [3.8, 4) is 11.5 Å². The maximum absolute atomic E-state index is 9.72. The van der Waals surface area contributed by atoms with Crippen LogP contribution in [0.2, 0.25) is 18.1 Å². The van der Waals surface area contributed by atoms with Crippen molar-refractivity contribution >= 4 is 19.8 Å². The van der Waals surface area contributed by atoms with E-state index < -0.39 is 8.32 Å². The summed E-state index contributed by atoms with van der Waals surface area (Å²) in [5.74, 6) is 7.71. The summed E-state index contributed by atoms with van der Waals surface area (Å²) in [6.45, 7) is 11.5. The van der Waals surface area contributed by atoms with Crippen molar-refractivity contribution in [3.05, 3.63) is 94.1 Å². The Bertz CT molecular complexity index is 1610.